The first-order chi connectivity index (χ1) is 24.8. The molecule has 2 saturated heterocycles. The average Bonchev–Trinajstić information content (AvgIpc) is 3.72. The molecule has 1 saturated carbocycles. The summed E-state index contributed by atoms with van der Waals surface area (Å²) in [5.41, 5.74) is 2.20. The zero-order chi connectivity index (χ0) is 36.7. The fourth-order valence-corrected chi connectivity index (χ4v) is 8.15. The molecule has 1 N–H and O–H groups in total. The second-order valence-electron chi connectivity index (χ2n) is 15.6. The van der Waals surface area contributed by atoms with Crippen molar-refractivity contribution in [2.24, 2.45) is 0 Å². The molecule has 3 fully saturated rings. The molecule has 0 unspecified atom stereocenters. The Kier molecular flexibility index (Phi) is 10.1. The molecule has 17 heteroatoms. The Morgan fingerprint density at radius 1 is 1.12 bits per heavy atom. The number of alkyl halides is 3. The second-order valence-corrected chi connectivity index (χ2v) is 21.2. The van der Waals surface area contributed by atoms with Crippen LogP contribution in [0.5, 0.6) is 5.88 Å². The maximum atomic E-state index is 13.6. The van der Waals surface area contributed by atoms with E-state index in [2.05, 4.69) is 50.5 Å². The smallest absolute Gasteiger partial charge is 0.451 e. The van der Waals surface area contributed by atoms with Crippen molar-refractivity contribution in [2.75, 3.05) is 32.8 Å². The molecule has 0 aromatic carbocycles. The fourth-order valence-electron chi connectivity index (χ4n) is 7.39. The third-order valence-electron chi connectivity index (χ3n) is 10.4. The Labute approximate surface area is 301 Å². The van der Waals surface area contributed by atoms with Crippen LogP contribution >= 0.6 is 0 Å². The van der Waals surface area contributed by atoms with Crippen molar-refractivity contribution in [2.45, 2.75) is 101 Å². The molecule has 4 aromatic rings. The topological polar surface area (TPSA) is 143 Å². The summed E-state index contributed by atoms with van der Waals surface area (Å²) in [6, 6.07) is 7.19. The van der Waals surface area contributed by atoms with E-state index in [0.29, 0.717) is 39.1 Å². The number of hydrogen-bond acceptors (Lipinski definition) is 11. The first-order valence-corrected chi connectivity index (χ1v) is 21.6. The maximum Gasteiger partial charge on any atom is 0.451 e. The van der Waals surface area contributed by atoms with Gasteiger partial charge in [-0.3, -0.25) is 14.5 Å². The van der Waals surface area contributed by atoms with Gasteiger partial charge in [-0.05, 0) is 37.8 Å². The Bertz CT molecular complexity index is 1900. The summed E-state index contributed by atoms with van der Waals surface area (Å²) >= 11 is 0. The number of ether oxygens (including phenoxy) is 2. The molecule has 3 aliphatic rings. The number of piperidine rings is 1. The molecule has 278 valence electrons. The van der Waals surface area contributed by atoms with Crippen LogP contribution in [0.25, 0.3) is 22.3 Å². The number of aliphatic hydroxyl groups excluding tert-OH is 1. The molecule has 52 heavy (non-hydrogen) atoms. The molecule has 0 amide bonds. The van der Waals surface area contributed by atoms with Gasteiger partial charge in [0, 0.05) is 82.9 Å². The lowest BCUT2D eigenvalue weighted by Crippen LogP contribution is -2.58. The number of nitrogens with zero attached hydrogens (tertiary/aromatic N) is 10. The normalized spacial score (nSPS) is 22.3. The number of nitriles is 1. The number of hydrogen-bond donors (Lipinski definition) is 1. The van der Waals surface area contributed by atoms with E-state index in [1.54, 1.807) is 12.5 Å². The molecule has 6 heterocycles. The largest absolute Gasteiger partial charge is 0.474 e. The van der Waals surface area contributed by atoms with E-state index < -0.39 is 31.7 Å². The summed E-state index contributed by atoms with van der Waals surface area (Å²) in [6.45, 7) is 10.5. The quantitative estimate of drug-likeness (QED) is 0.148. The zero-order valence-electron chi connectivity index (χ0n) is 29.8. The number of aromatic nitrogens is 7. The van der Waals surface area contributed by atoms with E-state index in [0.717, 1.165) is 60.9 Å². The second kappa shape index (κ2) is 14.5. The molecule has 2 aliphatic heterocycles. The van der Waals surface area contributed by atoms with Gasteiger partial charge in [0.2, 0.25) is 11.7 Å². The summed E-state index contributed by atoms with van der Waals surface area (Å²) in [5.74, 6) is -1.30. The number of likely N-dealkylation sites (tertiary alicyclic amines) is 2. The van der Waals surface area contributed by atoms with E-state index in [4.69, 9.17) is 14.6 Å². The van der Waals surface area contributed by atoms with Gasteiger partial charge >= 0.3 is 6.18 Å². The first kappa shape index (κ1) is 36.4. The highest BCUT2D eigenvalue weighted by molar-refractivity contribution is 6.76. The van der Waals surface area contributed by atoms with Gasteiger partial charge in [0.25, 0.3) is 0 Å². The lowest BCUT2D eigenvalue weighted by Gasteiger charge is -2.52. The van der Waals surface area contributed by atoms with Crippen molar-refractivity contribution in [1.82, 2.24) is 44.1 Å². The van der Waals surface area contributed by atoms with Crippen LogP contribution in [0.1, 0.15) is 43.6 Å². The molecule has 0 atom stereocenters. The lowest BCUT2D eigenvalue weighted by molar-refractivity contribution is -0.145. The molecule has 0 bridgehead atoms. The summed E-state index contributed by atoms with van der Waals surface area (Å²) in [4.78, 5) is 20.7. The van der Waals surface area contributed by atoms with E-state index in [1.165, 1.54) is 6.07 Å². The molecule has 1 aliphatic carbocycles. The predicted molar refractivity (Wildman–Crippen MR) is 188 cm³/mol. The molecule has 4 aromatic heterocycles. The Morgan fingerprint density at radius 2 is 1.88 bits per heavy atom. The van der Waals surface area contributed by atoms with Gasteiger partial charge in [-0.25, -0.2) is 15.0 Å². The van der Waals surface area contributed by atoms with Gasteiger partial charge in [0.15, 0.2) is 0 Å². The summed E-state index contributed by atoms with van der Waals surface area (Å²) in [7, 11) is -1.18. The summed E-state index contributed by atoms with van der Waals surface area (Å²) in [5, 5.41) is 25.0. The van der Waals surface area contributed by atoms with Gasteiger partial charge in [0.05, 0.1) is 41.7 Å². The molecule has 7 rings (SSSR count). The summed E-state index contributed by atoms with van der Waals surface area (Å²) in [6.07, 6.45) is 4.98. The highest BCUT2D eigenvalue weighted by Crippen LogP contribution is 2.46. The van der Waals surface area contributed by atoms with E-state index >= 15 is 0 Å². The summed E-state index contributed by atoms with van der Waals surface area (Å²) < 4.78 is 56.7. The van der Waals surface area contributed by atoms with Gasteiger partial charge in [-0.15, -0.1) is 0 Å². The van der Waals surface area contributed by atoms with Crippen LogP contribution in [-0.2, 0) is 29.7 Å². The van der Waals surface area contributed by atoms with E-state index in [-0.39, 0.29) is 30.3 Å². The van der Waals surface area contributed by atoms with Crippen molar-refractivity contribution in [3.05, 3.63) is 48.6 Å². The third-order valence-corrected chi connectivity index (χ3v) is 12.1. The van der Waals surface area contributed by atoms with Crippen molar-refractivity contribution in [3.63, 3.8) is 0 Å². The Hall–Kier alpha value is -3.95. The van der Waals surface area contributed by atoms with Crippen LogP contribution in [0.3, 0.4) is 0 Å². The van der Waals surface area contributed by atoms with Crippen LogP contribution in [0.15, 0.2) is 37.1 Å². The molecular formula is C35H45F3N10O3Si. The van der Waals surface area contributed by atoms with Crippen molar-refractivity contribution < 1.29 is 27.8 Å². The third kappa shape index (κ3) is 8.00. The van der Waals surface area contributed by atoms with Gasteiger partial charge in [0.1, 0.15) is 24.8 Å². The number of β-amino-alcohol motifs (C(OH)–C–C–N with tert-alkyl or cyclic N) is 1. The van der Waals surface area contributed by atoms with Crippen LogP contribution in [0.2, 0.25) is 25.7 Å². The predicted octanol–water partition coefficient (Wildman–Crippen LogP) is 4.91. The highest BCUT2D eigenvalue weighted by Gasteiger charge is 2.49. The fraction of sp³-hybridized carbons (Fsp3) is 0.600. The SMILES string of the molecule is C[Si](C)(C)CCOCn1ccc2c(-c3cnn([C@]4(CC#N)C[C@H](N5CCC(Oc6cc(CN7CC(O)C7)nc(C(F)(F)F)n6)CC5)C4)c3)ncnc21. The number of halogens is 3. The highest BCUT2D eigenvalue weighted by atomic mass is 28.3. The minimum absolute atomic E-state index is 0.0775. The van der Waals surface area contributed by atoms with Crippen molar-refractivity contribution in [1.29, 1.82) is 5.26 Å². The van der Waals surface area contributed by atoms with Gasteiger partial charge in [-0.2, -0.15) is 28.5 Å². The number of fused-ring (bicyclic) bond motifs is 1. The minimum Gasteiger partial charge on any atom is -0.474 e. The van der Waals surface area contributed by atoms with Crippen LogP contribution in [-0.4, -0.2) is 108 Å². The standard InChI is InChI=1S/C35H45F3N10O3Si/c1-52(2,3)13-12-50-23-47-11-6-29-31(40-22-41-32(29)47)24-17-42-48(18-24)34(7-8-39)15-26(16-34)46-9-4-28(5-10-46)51-30-14-25(19-45-20-27(49)21-45)43-33(44-30)35(36,37)38/h6,11,14,17-18,22,26-28,49H,4-5,7,9-10,12-13,15-16,19-21,23H2,1-3H3/t26-,34+. The molecular weight excluding hydrogens is 694 g/mol. The van der Waals surface area contributed by atoms with E-state index in [9.17, 15) is 23.5 Å². The van der Waals surface area contributed by atoms with Gasteiger partial charge in [-0.1, -0.05) is 19.6 Å². The first-order valence-electron chi connectivity index (χ1n) is 17.8. The minimum atomic E-state index is -4.70. The average molecular weight is 739 g/mol. The van der Waals surface area contributed by atoms with Crippen LogP contribution < -0.4 is 4.74 Å². The van der Waals surface area contributed by atoms with Crippen LogP contribution in [0, 0.1) is 11.3 Å². The van der Waals surface area contributed by atoms with Gasteiger partial charge < -0.3 is 19.1 Å². The molecule has 0 radical (unpaired) electrons. The van der Waals surface area contributed by atoms with Crippen molar-refractivity contribution in [3.8, 4) is 23.2 Å². The zero-order valence-corrected chi connectivity index (χ0v) is 30.8. The molecule has 0 spiro atoms. The van der Waals surface area contributed by atoms with Crippen molar-refractivity contribution >= 4 is 19.1 Å². The number of aliphatic hydroxyl groups is 1. The van der Waals surface area contributed by atoms with Crippen LogP contribution in [0.4, 0.5) is 13.2 Å². The Morgan fingerprint density at radius 3 is 2.58 bits per heavy atom. The maximum absolute atomic E-state index is 13.6. The Balaban J connectivity index is 0.964. The van der Waals surface area contributed by atoms with E-state index in [1.807, 2.05) is 32.6 Å². The molecule has 13 nitrogen and oxygen atoms in total. The number of rotatable bonds is 13. The lowest BCUT2D eigenvalue weighted by atomic mass is 9.69. The monoisotopic (exact) mass is 738 g/mol.